The van der Waals surface area contributed by atoms with Crippen molar-refractivity contribution < 1.29 is 39.6 Å². The van der Waals surface area contributed by atoms with E-state index in [1.54, 1.807) is 0 Å². The SMILES string of the molecule is NCC(=O)O.N[C@H](CC(=O)O)C(=O)O.N[C@H](Cc1ccccc1)C(=O)O. The number of rotatable bonds is 7. The van der Waals surface area contributed by atoms with Crippen molar-refractivity contribution in [2.75, 3.05) is 6.54 Å². The minimum Gasteiger partial charge on any atom is -0.481 e. The number of hydrogen-bond donors (Lipinski definition) is 7. The van der Waals surface area contributed by atoms with Gasteiger partial charge in [-0.1, -0.05) is 30.3 Å². The van der Waals surface area contributed by atoms with Crippen LogP contribution in [0.1, 0.15) is 12.0 Å². The van der Waals surface area contributed by atoms with Crippen LogP contribution in [-0.2, 0) is 25.6 Å². The highest BCUT2D eigenvalue weighted by Crippen LogP contribution is 2.01. The van der Waals surface area contributed by atoms with E-state index in [0.29, 0.717) is 6.42 Å². The van der Waals surface area contributed by atoms with Gasteiger partial charge in [-0.3, -0.25) is 19.2 Å². The van der Waals surface area contributed by atoms with E-state index in [9.17, 15) is 19.2 Å². The van der Waals surface area contributed by atoms with Gasteiger partial charge in [0.1, 0.15) is 12.1 Å². The lowest BCUT2D eigenvalue weighted by molar-refractivity contribution is -0.144. The molecule has 1 rings (SSSR count). The first-order valence-electron chi connectivity index (χ1n) is 7.15. The van der Waals surface area contributed by atoms with Gasteiger partial charge in [0.05, 0.1) is 13.0 Å². The van der Waals surface area contributed by atoms with E-state index in [-0.39, 0.29) is 6.54 Å². The maximum atomic E-state index is 10.4. The second-order valence-corrected chi connectivity index (χ2v) is 4.77. The molecule has 11 nitrogen and oxygen atoms in total. The average Bonchev–Trinajstić information content (AvgIpc) is 2.56. The van der Waals surface area contributed by atoms with Crippen LogP contribution < -0.4 is 17.2 Å². The molecule has 0 aliphatic heterocycles. The van der Waals surface area contributed by atoms with Gasteiger partial charge in [-0.05, 0) is 12.0 Å². The molecule has 26 heavy (non-hydrogen) atoms. The van der Waals surface area contributed by atoms with Crippen molar-refractivity contribution in [2.24, 2.45) is 17.2 Å². The van der Waals surface area contributed by atoms with Gasteiger partial charge in [0, 0.05) is 0 Å². The van der Waals surface area contributed by atoms with E-state index in [2.05, 4.69) is 5.73 Å². The van der Waals surface area contributed by atoms with Crippen LogP contribution in [0.25, 0.3) is 0 Å². The second-order valence-electron chi connectivity index (χ2n) is 4.77. The van der Waals surface area contributed by atoms with Gasteiger partial charge < -0.3 is 37.6 Å². The summed E-state index contributed by atoms with van der Waals surface area (Å²) in [5, 5.41) is 32.1. The van der Waals surface area contributed by atoms with Crippen LogP contribution in [-0.4, -0.2) is 62.9 Å². The van der Waals surface area contributed by atoms with Crippen LogP contribution in [0.5, 0.6) is 0 Å². The van der Waals surface area contributed by atoms with Gasteiger partial charge in [0.2, 0.25) is 0 Å². The zero-order valence-electron chi connectivity index (χ0n) is 13.8. The fourth-order valence-electron chi connectivity index (χ4n) is 1.23. The Morgan fingerprint density at radius 2 is 1.23 bits per heavy atom. The average molecular weight is 373 g/mol. The first kappa shape index (κ1) is 25.2. The highest BCUT2D eigenvalue weighted by atomic mass is 16.4. The Balaban J connectivity index is 0. The van der Waals surface area contributed by atoms with E-state index >= 15 is 0 Å². The van der Waals surface area contributed by atoms with E-state index in [0.717, 1.165) is 5.56 Å². The zero-order valence-corrected chi connectivity index (χ0v) is 13.8. The third-order valence-electron chi connectivity index (χ3n) is 2.50. The highest BCUT2D eigenvalue weighted by molar-refractivity contribution is 5.80. The van der Waals surface area contributed by atoms with E-state index in [1.165, 1.54) is 0 Å². The van der Waals surface area contributed by atoms with Gasteiger partial charge in [-0.15, -0.1) is 0 Å². The lowest BCUT2D eigenvalue weighted by Crippen LogP contribution is -2.32. The monoisotopic (exact) mass is 373 g/mol. The molecule has 1 aromatic carbocycles. The fourth-order valence-corrected chi connectivity index (χ4v) is 1.23. The van der Waals surface area contributed by atoms with Crippen LogP contribution in [0.4, 0.5) is 0 Å². The molecule has 11 heteroatoms. The van der Waals surface area contributed by atoms with Gasteiger partial charge in [-0.2, -0.15) is 0 Å². The Morgan fingerprint density at radius 3 is 1.50 bits per heavy atom. The number of carboxylic acid groups (broad SMARTS) is 4. The van der Waals surface area contributed by atoms with Gasteiger partial charge in [0.25, 0.3) is 0 Å². The molecule has 2 atom stereocenters. The molecule has 0 heterocycles. The third kappa shape index (κ3) is 15.9. The number of carboxylic acids is 4. The van der Waals surface area contributed by atoms with Crippen LogP contribution in [0.2, 0.25) is 0 Å². The van der Waals surface area contributed by atoms with Gasteiger partial charge >= 0.3 is 23.9 Å². The van der Waals surface area contributed by atoms with Gasteiger partial charge in [-0.25, -0.2) is 0 Å². The van der Waals surface area contributed by atoms with Crippen molar-refractivity contribution in [3.8, 4) is 0 Å². The van der Waals surface area contributed by atoms with E-state index in [4.69, 9.17) is 31.9 Å². The van der Waals surface area contributed by atoms with Gasteiger partial charge in [0.15, 0.2) is 0 Å². The standard InChI is InChI=1S/C9H11NO2.C4H7NO4.C2H5NO2/c10-8(9(11)12)6-7-4-2-1-3-5-7;5-2(4(8)9)1-3(6)7;3-1-2(4)5/h1-5,8H,6,10H2,(H,11,12);2H,1,5H2,(H,6,7)(H,8,9);1,3H2,(H,4,5)/t8-;2-;/m11./s1. The van der Waals surface area contributed by atoms with Crippen molar-refractivity contribution in [3.05, 3.63) is 35.9 Å². The Hall–Kier alpha value is -3.02. The molecule has 0 fully saturated rings. The number of carbonyl (C=O) groups is 4. The van der Waals surface area contributed by atoms with Crippen molar-refractivity contribution in [2.45, 2.75) is 24.9 Å². The predicted octanol–water partition coefficient (Wildman–Crippen LogP) is -1.46. The fraction of sp³-hybridized carbons (Fsp3) is 0.333. The Morgan fingerprint density at radius 1 is 0.808 bits per heavy atom. The van der Waals surface area contributed by atoms with Crippen LogP contribution in [0, 0.1) is 0 Å². The second kappa shape index (κ2) is 14.3. The molecule has 0 aromatic heterocycles. The minimum absolute atomic E-state index is 0.278. The molecular weight excluding hydrogens is 350 g/mol. The maximum Gasteiger partial charge on any atom is 0.321 e. The summed E-state index contributed by atoms with van der Waals surface area (Å²) < 4.78 is 0. The van der Waals surface area contributed by atoms with Crippen molar-refractivity contribution in [1.29, 1.82) is 0 Å². The zero-order chi connectivity index (χ0) is 20.7. The molecule has 0 amide bonds. The summed E-state index contributed by atoms with van der Waals surface area (Å²) in [6.45, 7) is -0.278. The first-order valence-corrected chi connectivity index (χ1v) is 7.15. The van der Waals surface area contributed by atoms with Crippen LogP contribution in [0.3, 0.4) is 0 Å². The summed E-state index contributed by atoms with van der Waals surface area (Å²) in [7, 11) is 0. The Labute approximate surface area is 149 Å². The molecule has 0 spiro atoms. The molecule has 0 saturated heterocycles. The molecular formula is C15H23N3O8. The van der Waals surface area contributed by atoms with E-state index < -0.39 is 42.4 Å². The largest absolute Gasteiger partial charge is 0.481 e. The maximum absolute atomic E-state index is 10.4. The quantitative estimate of drug-likeness (QED) is 0.292. The molecule has 146 valence electrons. The summed E-state index contributed by atoms with van der Waals surface area (Å²) in [4.78, 5) is 39.2. The lowest BCUT2D eigenvalue weighted by Gasteiger charge is -2.04. The summed E-state index contributed by atoms with van der Waals surface area (Å²) in [6, 6.07) is 7.25. The summed E-state index contributed by atoms with van der Waals surface area (Å²) in [5.74, 6) is -4.42. The number of benzene rings is 1. The summed E-state index contributed by atoms with van der Waals surface area (Å²) in [5.41, 5.74) is 15.7. The van der Waals surface area contributed by atoms with Crippen molar-refractivity contribution in [1.82, 2.24) is 0 Å². The third-order valence-corrected chi connectivity index (χ3v) is 2.50. The summed E-state index contributed by atoms with van der Waals surface area (Å²) >= 11 is 0. The normalized spacial score (nSPS) is 11.5. The molecule has 0 unspecified atom stereocenters. The van der Waals surface area contributed by atoms with Crippen LogP contribution >= 0.6 is 0 Å². The molecule has 10 N–H and O–H groups in total. The minimum atomic E-state index is -1.29. The molecule has 0 bridgehead atoms. The first-order chi connectivity index (χ1) is 12.0. The van der Waals surface area contributed by atoms with E-state index in [1.807, 2.05) is 30.3 Å². The lowest BCUT2D eigenvalue weighted by atomic mass is 10.1. The smallest absolute Gasteiger partial charge is 0.321 e. The molecule has 1 aromatic rings. The predicted molar refractivity (Wildman–Crippen MR) is 90.3 cm³/mol. The Kier molecular flexibility index (Phi) is 13.9. The topological polar surface area (TPSA) is 227 Å². The van der Waals surface area contributed by atoms with Crippen molar-refractivity contribution in [3.63, 3.8) is 0 Å². The number of aliphatic carboxylic acids is 4. The summed E-state index contributed by atoms with van der Waals surface area (Å²) in [6.07, 6.45) is -0.147. The van der Waals surface area contributed by atoms with Crippen molar-refractivity contribution >= 4 is 23.9 Å². The number of nitrogens with two attached hydrogens (primary N) is 3. The van der Waals surface area contributed by atoms with Crippen LogP contribution in [0.15, 0.2) is 30.3 Å². The molecule has 0 aliphatic carbocycles. The molecule has 0 aliphatic rings. The number of hydrogen-bond acceptors (Lipinski definition) is 7. The molecule has 0 saturated carbocycles. The highest BCUT2D eigenvalue weighted by Gasteiger charge is 2.14. The molecule has 0 radical (unpaired) electrons. The Bertz CT molecular complexity index is 580.